The Hall–Kier alpha value is 0.590. The number of piperidine rings is 1. The van der Waals surface area contributed by atoms with E-state index in [4.69, 9.17) is 0 Å². The molecule has 1 rings (SSSR count). The number of carbonyl (C=O) groups is 1. The summed E-state index contributed by atoms with van der Waals surface area (Å²) in [4.78, 5) is 13.9. The molecule has 0 saturated carbocycles. The van der Waals surface area contributed by atoms with Gasteiger partial charge in [-0.1, -0.05) is 15.9 Å². The van der Waals surface area contributed by atoms with Crippen LogP contribution in [-0.4, -0.2) is 33.6 Å². The molecule has 0 bridgehead atoms. The quantitative estimate of drug-likeness (QED) is 0.637. The van der Waals surface area contributed by atoms with Crippen LogP contribution in [0.15, 0.2) is 0 Å². The number of rotatable bonds is 0. The highest BCUT2D eigenvalue weighted by Crippen LogP contribution is 2.38. The average Bonchev–Trinajstić information content (AvgIpc) is 1.98. The number of alkyl halides is 1. The van der Waals surface area contributed by atoms with Gasteiger partial charge in [0.15, 0.2) is 0 Å². The van der Waals surface area contributed by atoms with E-state index in [0.29, 0.717) is 12.2 Å². The van der Waals surface area contributed by atoms with E-state index in [0.717, 1.165) is 0 Å². The Kier molecular flexibility index (Phi) is 4.40. The molecular formula is C10H19Br2NO. The van der Waals surface area contributed by atoms with Crippen molar-refractivity contribution in [3.63, 3.8) is 0 Å². The van der Waals surface area contributed by atoms with Crippen molar-refractivity contribution in [1.29, 1.82) is 0 Å². The fraction of sp³-hybridized carbons (Fsp3) is 0.900. The second kappa shape index (κ2) is 4.22. The first kappa shape index (κ1) is 14.6. The lowest BCUT2D eigenvalue weighted by atomic mass is 9.79. The minimum absolute atomic E-state index is 0. The SMILES string of the molecule is Br.CN1C(C)(C)CC(=O)C(Br)C1(C)C. The number of likely N-dealkylation sites (tertiary alicyclic amines) is 1. The van der Waals surface area contributed by atoms with Gasteiger partial charge in [-0.05, 0) is 34.7 Å². The Morgan fingerprint density at radius 3 is 2.21 bits per heavy atom. The minimum Gasteiger partial charge on any atom is -0.298 e. The van der Waals surface area contributed by atoms with Gasteiger partial charge >= 0.3 is 0 Å². The van der Waals surface area contributed by atoms with Gasteiger partial charge < -0.3 is 0 Å². The highest BCUT2D eigenvalue weighted by atomic mass is 79.9. The largest absolute Gasteiger partial charge is 0.298 e. The predicted molar refractivity (Wildman–Crippen MR) is 68.6 cm³/mol. The molecular weight excluding hydrogens is 310 g/mol. The van der Waals surface area contributed by atoms with Crippen LogP contribution in [-0.2, 0) is 4.79 Å². The third kappa shape index (κ3) is 2.22. The second-order valence-corrected chi connectivity index (χ2v) is 5.95. The molecule has 1 aliphatic rings. The van der Waals surface area contributed by atoms with Crippen molar-refractivity contribution in [2.24, 2.45) is 0 Å². The van der Waals surface area contributed by atoms with E-state index >= 15 is 0 Å². The van der Waals surface area contributed by atoms with E-state index in [9.17, 15) is 4.79 Å². The molecule has 1 aliphatic heterocycles. The predicted octanol–water partition coefficient (Wildman–Crippen LogP) is 2.79. The molecule has 0 aromatic rings. The molecule has 0 aromatic carbocycles. The molecule has 84 valence electrons. The lowest BCUT2D eigenvalue weighted by Crippen LogP contribution is -2.64. The third-order valence-corrected chi connectivity index (χ3v) is 4.91. The Morgan fingerprint density at radius 1 is 1.36 bits per heavy atom. The molecule has 14 heavy (non-hydrogen) atoms. The number of Topliss-reactive ketones (excluding diaryl/α,β-unsaturated/α-hetero) is 1. The molecule has 0 spiro atoms. The van der Waals surface area contributed by atoms with Crippen molar-refractivity contribution in [1.82, 2.24) is 4.90 Å². The average molecular weight is 329 g/mol. The van der Waals surface area contributed by atoms with E-state index in [-0.39, 0.29) is 32.9 Å². The van der Waals surface area contributed by atoms with Crippen LogP contribution in [0.2, 0.25) is 0 Å². The zero-order chi connectivity index (χ0) is 10.4. The summed E-state index contributed by atoms with van der Waals surface area (Å²) in [6.45, 7) is 8.44. The third-order valence-electron chi connectivity index (χ3n) is 3.28. The summed E-state index contributed by atoms with van der Waals surface area (Å²) in [5.74, 6) is 0.313. The van der Waals surface area contributed by atoms with E-state index < -0.39 is 0 Å². The molecule has 0 aliphatic carbocycles. The molecule has 0 aromatic heterocycles. The fourth-order valence-corrected chi connectivity index (χ4v) is 2.45. The summed E-state index contributed by atoms with van der Waals surface area (Å²) in [6.07, 6.45) is 0.628. The van der Waals surface area contributed by atoms with Crippen molar-refractivity contribution < 1.29 is 4.79 Å². The van der Waals surface area contributed by atoms with Gasteiger partial charge in [0.2, 0.25) is 0 Å². The van der Waals surface area contributed by atoms with E-state index in [1.807, 2.05) is 0 Å². The minimum atomic E-state index is -0.0984. The highest BCUT2D eigenvalue weighted by molar-refractivity contribution is 9.10. The molecule has 1 saturated heterocycles. The van der Waals surface area contributed by atoms with Crippen LogP contribution in [0.5, 0.6) is 0 Å². The first-order valence-corrected chi connectivity index (χ1v) is 5.52. The number of hydrogen-bond acceptors (Lipinski definition) is 2. The van der Waals surface area contributed by atoms with Crippen LogP contribution in [0.1, 0.15) is 34.1 Å². The van der Waals surface area contributed by atoms with Gasteiger partial charge in [0.1, 0.15) is 5.78 Å². The van der Waals surface area contributed by atoms with E-state index in [1.54, 1.807) is 0 Å². The Labute approximate surface area is 105 Å². The van der Waals surface area contributed by atoms with Gasteiger partial charge in [0, 0.05) is 17.5 Å². The van der Waals surface area contributed by atoms with Crippen LogP contribution in [0, 0.1) is 0 Å². The van der Waals surface area contributed by atoms with E-state index in [2.05, 4.69) is 55.6 Å². The Bertz CT molecular complexity index is 238. The summed E-state index contributed by atoms with van der Waals surface area (Å²) in [5, 5.41) is 0. The van der Waals surface area contributed by atoms with Gasteiger partial charge in [-0.3, -0.25) is 9.69 Å². The standard InChI is InChI=1S/C10H18BrNO.BrH/c1-9(2)6-7(13)8(11)10(3,4)12(9)5;/h8H,6H2,1-5H3;1H. The van der Waals surface area contributed by atoms with Gasteiger partial charge in [-0.25, -0.2) is 0 Å². The van der Waals surface area contributed by atoms with Crippen LogP contribution in [0.3, 0.4) is 0 Å². The first-order valence-electron chi connectivity index (χ1n) is 4.60. The van der Waals surface area contributed by atoms with E-state index in [1.165, 1.54) is 0 Å². The fourth-order valence-electron chi connectivity index (χ4n) is 1.98. The van der Waals surface area contributed by atoms with Gasteiger partial charge in [-0.15, -0.1) is 17.0 Å². The monoisotopic (exact) mass is 327 g/mol. The van der Waals surface area contributed by atoms with Crippen molar-refractivity contribution in [2.75, 3.05) is 7.05 Å². The lowest BCUT2D eigenvalue weighted by molar-refractivity contribution is -0.130. The summed E-state index contributed by atoms with van der Waals surface area (Å²) >= 11 is 3.48. The molecule has 1 unspecified atom stereocenters. The molecule has 1 fully saturated rings. The number of carbonyl (C=O) groups excluding carboxylic acids is 1. The van der Waals surface area contributed by atoms with Gasteiger partial charge in [0.25, 0.3) is 0 Å². The molecule has 2 nitrogen and oxygen atoms in total. The van der Waals surface area contributed by atoms with Crippen LogP contribution in [0.25, 0.3) is 0 Å². The molecule has 0 radical (unpaired) electrons. The first-order chi connectivity index (χ1) is 5.69. The lowest BCUT2D eigenvalue weighted by Gasteiger charge is -2.52. The van der Waals surface area contributed by atoms with Gasteiger partial charge in [0.05, 0.1) is 4.83 Å². The van der Waals surface area contributed by atoms with Crippen molar-refractivity contribution >= 4 is 38.7 Å². The Balaban J connectivity index is 0.00000169. The number of ketones is 1. The van der Waals surface area contributed by atoms with Crippen molar-refractivity contribution in [3.05, 3.63) is 0 Å². The van der Waals surface area contributed by atoms with Crippen molar-refractivity contribution in [3.8, 4) is 0 Å². The maximum atomic E-state index is 11.7. The smallest absolute Gasteiger partial charge is 0.150 e. The van der Waals surface area contributed by atoms with Gasteiger partial charge in [-0.2, -0.15) is 0 Å². The maximum Gasteiger partial charge on any atom is 0.150 e. The summed E-state index contributed by atoms with van der Waals surface area (Å²) in [7, 11) is 2.08. The molecule has 0 N–H and O–H groups in total. The summed E-state index contributed by atoms with van der Waals surface area (Å²) in [5.41, 5.74) is -0.121. The normalized spacial score (nSPS) is 31.0. The molecule has 4 heteroatoms. The highest BCUT2D eigenvalue weighted by Gasteiger charge is 2.48. The molecule has 1 heterocycles. The summed E-state index contributed by atoms with van der Waals surface area (Å²) < 4.78 is 0. The Morgan fingerprint density at radius 2 is 1.79 bits per heavy atom. The topological polar surface area (TPSA) is 20.3 Å². The second-order valence-electron chi connectivity index (χ2n) is 5.03. The van der Waals surface area contributed by atoms with Crippen LogP contribution >= 0.6 is 32.9 Å². The van der Waals surface area contributed by atoms with Crippen LogP contribution < -0.4 is 0 Å². The number of hydrogen-bond donors (Lipinski definition) is 0. The summed E-state index contributed by atoms with van der Waals surface area (Å²) in [6, 6.07) is 0. The van der Waals surface area contributed by atoms with Crippen molar-refractivity contribution in [2.45, 2.75) is 50.0 Å². The zero-order valence-electron chi connectivity index (χ0n) is 9.43. The number of nitrogens with zero attached hydrogens (tertiary/aromatic N) is 1. The molecule has 0 amide bonds. The zero-order valence-corrected chi connectivity index (χ0v) is 12.7. The number of halogens is 2. The molecule has 1 atom stereocenters. The van der Waals surface area contributed by atoms with Crippen LogP contribution in [0.4, 0.5) is 0 Å². The maximum absolute atomic E-state index is 11.7.